The second-order valence-electron chi connectivity index (χ2n) is 10.8. The van der Waals surface area contributed by atoms with Crippen molar-refractivity contribution in [2.24, 2.45) is 0 Å². The van der Waals surface area contributed by atoms with Gasteiger partial charge in [-0.15, -0.1) is 0 Å². The molecule has 0 radical (unpaired) electrons. The second kappa shape index (κ2) is 11.4. The molecular formula is C34H31F3N2O2. The number of anilines is 1. The molecule has 0 aromatic heterocycles. The maximum Gasteiger partial charge on any atom is 0.416 e. The van der Waals surface area contributed by atoms with Crippen molar-refractivity contribution < 1.29 is 22.7 Å². The zero-order valence-corrected chi connectivity index (χ0v) is 22.7. The number of carbonyl (C=O) groups excluding carboxylic acids is 1. The van der Waals surface area contributed by atoms with Crippen LogP contribution in [0.4, 0.5) is 18.9 Å². The number of halogens is 3. The normalized spacial score (nSPS) is 15.5. The Balaban J connectivity index is 1.11. The predicted octanol–water partition coefficient (Wildman–Crippen LogP) is 7.75. The lowest BCUT2D eigenvalue weighted by atomic mass is 9.98. The van der Waals surface area contributed by atoms with Crippen molar-refractivity contribution in [3.63, 3.8) is 0 Å². The zero-order valence-electron chi connectivity index (χ0n) is 22.7. The van der Waals surface area contributed by atoms with Gasteiger partial charge in [0.1, 0.15) is 5.75 Å². The van der Waals surface area contributed by atoms with Gasteiger partial charge in [-0.3, -0.25) is 4.90 Å². The van der Waals surface area contributed by atoms with E-state index >= 15 is 0 Å². The standard InChI is InChI=1S/C34H31F3N2O2/c35-34(36,37)28-12-9-25(10-13-28)31-5-1-2-6-32(31)33(40)41-30-16-11-27-23-38(20-17-26(27)21-30)22-24-7-14-29(15-8-24)39-18-3-4-19-39/h1-2,5-16,21H,3-4,17-20,22-23H2. The molecule has 2 heterocycles. The number of ether oxygens (including phenoxy) is 1. The van der Waals surface area contributed by atoms with Crippen LogP contribution in [0.1, 0.15) is 45.5 Å². The van der Waals surface area contributed by atoms with E-state index in [4.69, 9.17) is 4.74 Å². The number of fused-ring (bicyclic) bond motifs is 1. The summed E-state index contributed by atoms with van der Waals surface area (Å²) in [6.45, 7) is 4.91. The smallest absolute Gasteiger partial charge is 0.416 e. The third kappa shape index (κ3) is 6.15. The molecule has 0 saturated carbocycles. The van der Waals surface area contributed by atoms with E-state index in [0.29, 0.717) is 22.4 Å². The van der Waals surface area contributed by atoms with E-state index in [1.54, 1.807) is 24.3 Å². The molecule has 7 heteroatoms. The first kappa shape index (κ1) is 27.1. The highest BCUT2D eigenvalue weighted by Gasteiger charge is 2.30. The van der Waals surface area contributed by atoms with E-state index in [0.717, 1.165) is 56.8 Å². The summed E-state index contributed by atoms with van der Waals surface area (Å²) < 4.78 is 44.7. The zero-order chi connectivity index (χ0) is 28.4. The van der Waals surface area contributed by atoms with Crippen molar-refractivity contribution in [1.29, 1.82) is 0 Å². The molecule has 0 spiro atoms. The minimum atomic E-state index is -4.42. The van der Waals surface area contributed by atoms with E-state index in [1.807, 2.05) is 18.2 Å². The molecule has 2 aliphatic rings. The molecular weight excluding hydrogens is 525 g/mol. The highest BCUT2D eigenvalue weighted by molar-refractivity contribution is 5.98. The van der Waals surface area contributed by atoms with Crippen LogP contribution in [-0.4, -0.2) is 30.5 Å². The summed E-state index contributed by atoms with van der Waals surface area (Å²) in [5.41, 5.74) is 5.58. The first-order valence-corrected chi connectivity index (χ1v) is 14.0. The van der Waals surface area contributed by atoms with E-state index in [-0.39, 0.29) is 0 Å². The maximum absolute atomic E-state index is 13.2. The molecule has 0 amide bonds. The Kier molecular flexibility index (Phi) is 7.54. The van der Waals surface area contributed by atoms with Crippen LogP contribution in [0, 0.1) is 0 Å². The summed E-state index contributed by atoms with van der Waals surface area (Å²) in [4.78, 5) is 18.0. The number of nitrogens with zero attached hydrogens (tertiary/aromatic N) is 2. The average molecular weight is 557 g/mol. The lowest BCUT2D eigenvalue weighted by molar-refractivity contribution is -0.137. The quantitative estimate of drug-likeness (QED) is 0.180. The van der Waals surface area contributed by atoms with Crippen molar-refractivity contribution in [2.45, 2.75) is 38.5 Å². The third-order valence-electron chi connectivity index (χ3n) is 7.96. The lowest BCUT2D eigenvalue weighted by Crippen LogP contribution is -2.30. The number of alkyl halides is 3. The van der Waals surface area contributed by atoms with Gasteiger partial charge >= 0.3 is 12.1 Å². The van der Waals surface area contributed by atoms with Crippen molar-refractivity contribution >= 4 is 11.7 Å². The van der Waals surface area contributed by atoms with Crippen LogP contribution in [0.5, 0.6) is 5.75 Å². The fourth-order valence-electron chi connectivity index (χ4n) is 5.75. The van der Waals surface area contributed by atoms with Gasteiger partial charge in [-0.2, -0.15) is 13.2 Å². The monoisotopic (exact) mass is 556 g/mol. The molecule has 4 nitrogen and oxygen atoms in total. The van der Waals surface area contributed by atoms with Gasteiger partial charge in [0.15, 0.2) is 0 Å². The fraction of sp³-hybridized carbons (Fsp3) is 0.265. The third-order valence-corrected chi connectivity index (χ3v) is 7.96. The van der Waals surface area contributed by atoms with Crippen molar-refractivity contribution in [3.05, 3.63) is 119 Å². The molecule has 1 fully saturated rings. The Labute approximate surface area is 238 Å². The first-order valence-electron chi connectivity index (χ1n) is 14.0. The molecule has 41 heavy (non-hydrogen) atoms. The summed E-state index contributed by atoms with van der Waals surface area (Å²) in [7, 11) is 0. The minimum Gasteiger partial charge on any atom is -0.423 e. The summed E-state index contributed by atoms with van der Waals surface area (Å²) in [5, 5.41) is 0. The Morgan fingerprint density at radius 3 is 2.27 bits per heavy atom. The van der Waals surface area contributed by atoms with Gasteiger partial charge in [0.2, 0.25) is 0 Å². The number of esters is 1. The summed E-state index contributed by atoms with van der Waals surface area (Å²) in [5.74, 6) is -0.0859. The molecule has 0 bridgehead atoms. The van der Waals surface area contributed by atoms with Crippen LogP contribution in [0.3, 0.4) is 0 Å². The second-order valence-corrected chi connectivity index (χ2v) is 10.8. The average Bonchev–Trinajstić information content (AvgIpc) is 3.52. The molecule has 1 saturated heterocycles. The summed E-state index contributed by atoms with van der Waals surface area (Å²) in [6, 6.07) is 26.3. The molecule has 4 aromatic carbocycles. The molecule has 4 aromatic rings. The van der Waals surface area contributed by atoms with E-state index in [1.165, 1.54) is 41.8 Å². The number of hydrogen-bond acceptors (Lipinski definition) is 4. The Morgan fingerprint density at radius 1 is 0.805 bits per heavy atom. The molecule has 0 aliphatic carbocycles. The van der Waals surface area contributed by atoms with Crippen molar-refractivity contribution in [3.8, 4) is 16.9 Å². The molecule has 210 valence electrons. The molecule has 0 atom stereocenters. The number of benzene rings is 4. The Morgan fingerprint density at radius 2 is 1.54 bits per heavy atom. The van der Waals surface area contributed by atoms with Crippen LogP contribution >= 0.6 is 0 Å². The van der Waals surface area contributed by atoms with E-state index < -0.39 is 17.7 Å². The molecule has 2 aliphatic heterocycles. The van der Waals surface area contributed by atoms with Crippen LogP contribution in [-0.2, 0) is 25.7 Å². The maximum atomic E-state index is 13.2. The minimum absolute atomic E-state index is 0.298. The van der Waals surface area contributed by atoms with Crippen LogP contribution in [0.15, 0.2) is 91.0 Å². The number of rotatable bonds is 6. The highest BCUT2D eigenvalue weighted by Crippen LogP contribution is 2.33. The van der Waals surface area contributed by atoms with Gasteiger partial charge in [0, 0.05) is 38.4 Å². The van der Waals surface area contributed by atoms with E-state index in [9.17, 15) is 18.0 Å². The SMILES string of the molecule is O=C(Oc1ccc2c(c1)CCN(Cc1ccc(N3CCCC3)cc1)C2)c1ccccc1-c1ccc(C(F)(F)F)cc1. The van der Waals surface area contributed by atoms with Gasteiger partial charge in [-0.05, 0) is 89.5 Å². The molecule has 6 rings (SSSR count). The molecule has 0 N–H and O–H groups in total. The Hall–Kier alpha value is -4.10. The van der Waals surface area contributed by atoms with Gasteiger partial charge < -0.3 is 9.64 Å². The van der Waals surface area contributed by atoms with E-state index in [2.05, 4.69) is 34.1 Å². The van der Waals surface area contributed by atoms with Crippen LogP contribution in [0.25, 0.3) is 11.1 Å². The van der Waals surface area contributed by atoms with Gasteiger partial charge in [-0.25, -0.2) is 4.79 Å². The molecule has 0 unspecified atom stereocenters. The number of hydrogen-bond donors (Lipinski definition) is 0. The lowest BCUT2D eigenvalue weighted by Gasteiger charge is -2.29. The topological polar surface area (TPSA) is 32.8 Å². The highest BCUT2D eigenvalue weighted by atomic mass is 19.4. The van der Waals surface area contributed by atoms with Gasteiger partial charge in [0.25, 0.3) is 0 Å². The van der Waals surface area contributed by atoms with Crippen LogP contribution < -0.4 is 9.64 Å². The summed E-state index contributed by atoms with van der Waals surface area (Å²) in [6.07, 6.45) is -1.02. The van der Waals surface area contributed by atoms with Gasteiger partial charge in [0.05, 0.1) is 11.1 Å². The largest absolute Gasteiger partial charge is 0.423 e. The van der Waals surface area contributed by atoms with Gasteiger partial charge in [-0.1, -0.05) is 48.5 Å². The van der Waals surface area contributed by atoms with Crippen molar-refractivity contribution in [2.75, 3.05) is 24.5 Å². The Bertz CT molecular complexity index is 1530. The predicted molar refractivity (Wildman–Crippen MR) is 154 cm³/mol. The fourth-order valence-corrected chi connectivity index (χ4v) is 5.75. The summed E-state index contributed by atoms with van der Waals surface area (Å²) >= 11 is 0. The van der Waals surface area contributed by atoms with Crippen molar-refractivity contribution in [1.82, 2.24) is 4.90 Å². The number of carbonyl (C=O) groups is 1. The van der Waals surface area contributed by atoms with Crippen LogP contribution in [0.2, 0.25) is 0 Å². The first-order chi connectivity index (χ1) is 19.8.